The number of hydrogen-bond donors (Lipinski definition) is 1. The first-order chi connectivity index (χ1) is 4.74. The van der Waals surface area contributed by atoms with Crippen LogP contribution in [0.5, 0.6) is 5.75 Å². The van der Waals surface area contributed by atoms with Crippen molar-refractivity contribution in [2.75, 3.05) is 6.26 Å². The fraction of sp³-hybridized carbons (Fsp3) is 0.333. The molecule has 1 aromatic heterocycles. The van der Waals surface area contributed by atoms with E-state index in [9.17, 15) is 0 Å². The van der Waals surface area contributed by atoms with Crippen molar-refractivity contribution in [3.8, 4) is 5.75 Å². The van der Waals surface area contributed by atoms with Crippen molar-refractivity contribution in [1.29, 1.82) is 0 Å². The molecule has 0 spiro atoms. The summed E-state index contributed by atoms with van der Waals surface area (Å²) in [5.41, 5.74) is 0.624. The van der Waals surface area contributed by atoms with Crippen molar-refractivity contribution in [3.63, 3.8) is 0 Å². The Kier molecular flexibility index (Phi) is 2.11. The van der Waals surface area contributed by atoms with Crippen LogP contribution in [0.25, 0.3) is 0 Å². The van der Waals surface area contributed by atoms with Gasteiger partial charge < -0.3 is 5.11 Å². The van der Waals surface area contributed by atoms with Gasteiger partial charge in [0.25, 0.3) is 0 Å². The predicted octanol–water partition coefficient (Wildman–Crippen LogP) is 1.21. The lowest BCUT2D eigenvalue weighted by molar-refractivity contribution is 0.461. The van der Waals surface area contributed by atoms with E-state index in [0.29, 0.717) is 10.9 Å². The van der Waals surface area contributed by atoms with Crippen molar-refractivity contribution < 1.29 is 5.11 Å². The molecular formula is C6H8N2OS. The largest absolute Gasteiger partial charge is 0.504 e. The molecule has 0 unspecified atom stereocenters. The Morgan fingerprint density at radius 1 is 1.60 bits per heavy atom. The molecule has 0 amide bonds. The maximum Gasteiger partial charge on any atom is 0.187 e. The van der Waals surface area contributed by atoms with Gasteiger partial charge in [0.2, 0.25) is 0 Å². The summed E-state index contributed by atoms with van der Waals surface area (Å²) in [5, 5.41) is 9.70. The minimum Gasteiger partial charge on any atom is -0.504 e. The van der Waals surface area contributed by atoms with Crippen molar-refractivity contribution >= 4 is 11.8 Å². The second-order valence-corrected chi connectivity index (χ2v) is 2.60. The van der Waals surface area contributed by atoms with E-state index in [2.05, 4.69) is 9.97 Å². The number of aromatic nitrogens is 2. The molecule has 0 radical (unpaired) electrons. The van der Waals surface area contributed by atoms with Crippen LogP contribution in [0.1, 0.15) is 5.69 Å². The molecule has 10 heavy (non-hydrogen) atoms. The highest BCUT2D eigenvalue weighted by Gasteiger charge is 1.98. The van der Waals surface area contributed by atoms with Gasteiger partial charge in [0.15, 0.2) is 10.9 Å². The van der Waals surface area contributed by atoms with Gasteiger partial charge in [0, 0.05) is 0 Å². The summed E-state index contributed by atoms with van der Waals surface area (Å²) in [6, 6.07) is 0. The van der Waals surface area contributed by atoms with Gasteiger partial charge in [-0.1, -0.05) is 11.8 Å². The molecule has 0 aromatic carbocycles. The maximum atomic E-state index is 9.00. The Balaban J connectivity index is 3.04. The van der Waals surface area contributed by atoms with Crippen molar-refractivity contribution in [2.24, 2.45) is 0 Å². The van der Waals surface area contributed by atoms with Crippen LogP contribution in [0, 0.1) is 6.92 Å². The fourth-order valence-corrected chi connectivity index (χ4v) is 0.924. The van der Waals surface area contributed by atoms with Gasteiger partial charge in [-0.15, -0.1) is 0 Å². The Bertz CT molecular complexity index is 239. The van der Waals surface area contributed by atoms with Crippen LogP contribution in [-0.4, -0.2) is 21.3 Å². The number of rotatable bonds is 1. The van der Waals surface area contributed by atoms with Gasteiger partial charge in [0.05, 0.1) is 11.9 Å². The molecule has 4 heteroatoms. The Morgan fingerprint density at radius 2 is 2.30 bits per heavy atom. The number of aryl methyl sites for hydroxylation is 1. The summed E-state index contributed by atoms with van der Waals surface area (Å²) in [5.74, 6) is 0.151. The van der Waals surface area contributed by atoms with E-state index in [1.807, 2.05) is 6.26 Å². The zero-order chi connectivity index (χ0) is 7.56. The Hall–Kier alpha value is -0.770. The SMILES string of the molecule is CSc1ncc(O)c(C)n1. The van der Waals surface area contributed by atoms with Crippen LogP contribution in [-0.2, 0) is 0 Å². The van der Waals surface area contributed by atoms with Gasteiger partial charge >= 0.3 is 0 Å². The molecule has 54 valence electrons. The van der Waals surface area contributed by atoms with E-state index in [4.69, 9.17) is 5.11 Å². The molecule has 0 aliphatic rings. The van der Waals surface area contributed by atoms with Crippen molar-refractivity contribution in [1.82, 2.24) is 9.97 Å². The molecule has 0 atom stereocenters. The average molecular weight is 156 g/mol. The predicted molar refractivity (Wildman–Crippen MR) is 40.2 cm³/mol. The summed E-state index contributed by atoms with van der Waals surface area (Å²) >= 11 is 1.46. The van der Waals surface area contributed by atoms with Crippen LogP contribution in [0.15, 0.2) is 11.4 Å². The monoisotopic (exact) mass is 156 g/mol. The topological polar surface area (TPSA) is 46.0 Å². The first kappa shape index (κ1) is 7.34. The lowest BCUT2D eigenvalue weighted by Crippen LogP contribution is -1.87. The summed E-state index contributed by atoms with van der Waals surface area (Å²) in [6.07, 6.45) is 3.31. The number of nitrogens with zero attached hydrogens (tertiary/aromatic N) is 2. The van der Waals surface area contributed by atoms with E-state index in [-0.39, 0.29) is 5.75 Å². The highest BCUT2D eigenvalue weighted by atomic mass is 32.2. The van der Waals surface area contributed by atoms with E-state index < -0.39 is 0 Å². The summed E-state index contributed by atoms with van der Waals surface area (Å²) < 4.78 is 0. The van der Waals surface area contributed by atoms with Gasteiger partial charge in [-0.2, -0.15) is 0 Å². The van der Waals surface area contributed by atoms with Crippen LogP contribution in [0.2, 0.25) is 0 Å². The lowest BCUT2D eigenvalue weighted by Gasteiger charge is -1.97. The quantitative estimate of drug-likeness (QED) is 0.490. The first-order valence-corrected chi connectivity index (χ1v) is 4.03. The molecule has 1 aromatic rings. The van der Waals surface area contributed by atoms with Gasteiger partial charge in [0.1, 0.15) is 0 Å². The molecular weight excluding hydrogens is 148 g/mol. The molecule has 0 saturated carbocycles. The van der Waals surface area contributed by atoms with E-state index in [1.54, 1.807) is 6.92 Å². The van der Waals surface area contributed by atoms with Crippen molar-refractivity contribution in [2.45, 2.75) is 12.1 Å². The van der Waals surface area contributed by atoms with E-state index in [1.165, 1.54) is 18.0 Å². The zero-order valence-electron chi connectivity index (χ0n) is 5.83. The number of aromatic hydroxyl groups is 1. The standard InChI is InChI=1S/C6H8N2OS/c1-4-5(9)3-7-6(8-4)10-2/h3,9H,1-2H3. The molecule has 0 fully saturated rings. The normalized spacial score (nSPS) is 9.80. The maximum absolute atomic E-state index is 9.00. The third kappa shape index (κ3) is 1.39. The van der Waals surface area contributed by atoms with Crippen molar-refractivity contribution in [3.05, 3.63) is 11.9 Å². The minimum atomic E-state index is 0.151. The van der Waals surface area contributed by atoms with Crippen LogP contribution in [0.3, 0.4) is 0 Å². The molecule has 0 aliphatic carbocycles. The molecule has 1 rings (SSSR count). The second-order valence-electron chi connectivity index (χ2n) is 1.83. The third-order valence-corrected chi connectivity index (χ3v) is 1.68. The molecule has 0 bridgehead atoms. The van der Waals surface area contributed by atoms with Crippen LogP contribution in [0.4, 0.5) is 0 Å². The summed E-state index contributed by atoms with van der Waals surface area (Å²) in [4.78, 5) is 7.85. The second kappa shape index (κ2) is 2.88. The summed E-state index contributed by atoms with van der Waals surface area (Å²) in [7, 11) is 0. The Labute approximate surface area is 63.5 Å². The molecule has 3 nitrogen and oxygen atoms in total. The number of thioether (sulfide) groups is 1. The Morgan fingerprint density at radius 3 is 2.80 bits per heavy atom. The average Bonchev–Trinajstić information content (AvgIpc) is 1.95. The molecule has 0 aliphatic heterocycles. The van der Waals surface area contributed by atoms with Gasteiger partial charge in [-0.3, -0.25) is 0 Å². The zero-order valence-corrected chi connectivity index (χ0v) is 6.64. The van der Waals surface area contributed by atoms with Crippen LogP contribution < -0.4 is 0 Å². The molecule has 0 saturated heterocycles. The lowest BCUT2D eigenvalue weighted by atomic mass is 10.4. The van der Waals surface area contributed by atoms with E-state index >= 15 is 0 Å². The van der Waals surface area contributed by atoms with Crippen LogP contribution >= 0.6 is 11.8 Å². The molecule has 1 heterocycles. The minimum absolute atomic E-state index is 0.151. The van der Waals surface area contributed by atoms with Gasteiger partial charge in [-0.05, 0) is 13.2 Å². The number of hydrogen-bond acceptors (Lipinski definition) is 4. The smallest absolute Gasteiger partial charge is 0.187 e. The van der Waals surface area contributed by atoms with E-state index in [0.717, 1.165) is 0 Å². The highest BCUT2D eigenvalue weighted by molar-refractivity contribution is 7.98. The fourth-order valence-electron chi connectivity index (χ4n) is 0.538. The summed E-state index contributed by atoms with van der Waals surface area (Å²) in [6.45, 7) is 1.75. The molecule has 1 N–H and O–H groups in total. The third-order valence-electron chi connectivity index (χ3n) is 1.11. The highest BCUT2D eigenvalue weighted by Crippen LogP contribution is 2.14. The van der Waals surface area contributed by atoms with Gasteiger partial charge in [-0.25, -0.2) is 9.97 Å². The first-order valence-electron chi connectivity index (χ1n) is 2.80.